The molecule has 0 aliphatic heterocycles. The number of anilines is 1. The van der Waals surface area contributed by atoms with Crippen molar-refractivity contribution >= 4 is 29.1 Å². The van der Waals surface area contributed by atoms with Crippen molar-refractivity contribution in [2.45, 2.75) is 13.8 Å². The minimum atomic E-state index is -0.372. The normalized spacial score (nSPS) is 10.2. The topological polar surface area (TPSA) is 71.5 Å². The molecule has 7 heteroatoms. The molecule has 0 spiro atoms. The zero-order chi connectivity index (χ0) is 18.4. The number of carbonyl (C=O) groups is 2. The molecule has 0 radical (unpaired) electrons. The molecule has 2 aromatic rings. The Morgan fingerprint density at radius 2 is 1.84 bits per heavy atom. The summed E-state index contributed by atoms with van der Waals surface area (Å²) < 4.78 is 5.08. The summed E-state index contributed by atoms with van der Waals surface area (Å²) in [5.74, 6) is -0.00396. The van der Waals surface area contributed by atoms with Gasteiger partial charge in [-0.1, -0.05) is 11.6 Å². The second-order valence-corrected chi connectivity index (χ2v) is 5.65. The zero-order valence-electron chi connectivity index (χ0n) is 14.4. The lowest BCUT2D eigenvalue weighted by molar-refractivity contribution is 0.0772. The molecule has 1 heterocycles. The monoisotopic (exact) mass is 361 g/mol. The molecule has 2 amide bonds. The third-order valence-electron chi connectivity index (χ3n) is 3.71. The van der Waals surface area contributed by atoms with Gasteiger partial charge in [0, 0.05) is 31.2 Å². The van der Waals surface area contributed by atoms with E-state index in [1.165, 1.54) is 25.6 Å². The highest BCUT2D eigenvalue weighted by Crippen LogP contribution is 2.27. The number of benzene rings is 1. The molecule has 1 aromatic heterocycles. The number of halogens is 1. The SMILES string of the molecule is CCN(CC)C(=O)c1cncc(C(=O)Nc2ccc(OC)c(Cl)c2)c1. The molecule has 1 aromatic carbocycles. The summed E-state index contributed by atoms with van der Waals surface area (Å²) in [5.41, 5.74) is 1.20. The molecule has 0 aliphatic carbocycles. The van der Waals surface area contributed by atoms with Gasteiger partial charge < -0.3 is 15.0 Å². The molecule has 0 aliphatic rings. The Hall–Kier alpha value is -2.60. The predicted octanol–water partition coefficient (Wildman–Crippen LogP) is 3.48. The van der Waals surface area contributed by atoms with Crippen LogP contribution in [0.2, 0.25) is 5.02 Å². The van der Waals surface area contributed by atoms with E-state index in [2.05, 4.69) is 10.3 Å². The van der Waals surface area contributed by atoms with E-state index < -0.39 is 0 Å². The van der Waals surface area contributed by atoms with Crippen LogP contribution in [0, 0.1) is 0 Å². The van der Waals surface area contributed by atoms with Gasteiger partial charge in [-0.2, -0.15) is 0 Å². The van der Waals surface area contributed by atoms with Crippen LogP contribution >= 0.6 is 11.6 Å². The summed E-state index contributed by atoms with van der Waals surface area (Å²) in [6.07, 6.45) is 2.88. The molecule has 0 saturated heterocycles. The lowest BCUT2D eigenvalue weighted by atomic mass is 10.1. The van der Waals surface area contributed by atoms with Crippen molar-refractivity contribution in [1.29, 1.82) is 0 Å². The van der Waals surface area contributed by atoms with Crippen LogP contribution < -0.4 is 10.1 Å². The van der Waals surface area contributed by atoms with Gasteiger partial charge in [0.05, 0.1) is 23.3 Å². The third kappa shape index (κ3) is 4.48. The van der Waals surface area contributed by atoms with Crippen molar-refractivity contribution < 1.29 is 14.3 Å². The summed E-state index contributed by atoms with van der Waals surface area (Å²) >= 11 is 6.05. The molecule has 132 valence electrons. The largest absolute Gasteiger partial charge is 0.495 e. The predicted molar refractivity (Wildman–Crippen MR) is 97.4 cm³/mol. The van der Waals surface area contributed by atoms with Gasteiger partial charge >= 0.3 is 0 Å². The highest BCUT2D eigenvalue weighted by Gasteiger charge is 2.16. The van der Waals surface area contributed by atoms with E-state index in [1.54, 1.807) is 23.1 Å². The first kappa shape index (κ1) is 18.7. The van der Waals surface area contributed by atoms with E-state index in [4.69, 9.17) is 16.3 Å². The van der Waals surface area contributed by atoms with Crippen LogP contribution in [0.5, 0.6) is 5.75 Å². The van der Waals surface area contributed by atoms with Gasteiger partial charge in [-0.05, 0) is 38.1 Å². The summed E-state index contributed by atoms with van der Waals surface area (Å²) in [6.45, 7) is 4.99. The number of methoxy groups -OCH3 is 1. The Bertz CT molecular complexity index is 776. The van der Waals surface area contributed by atoms with Crippen molar-refractivity contribution in [1.82, 2.24) is 9.88 Å². The van der Waals surface area contributed by atoms with Gasteiger partial charge in [-0.25, -0.2) is 0 Å². The van der Waals surface area contributed by atoms with Gasteiger partial charge in [0.15, 0.2) is 0 Å². The number of aromatic nitrogens is 1. The Balaban J connectivity index is 2.18. The van der Waals surface area contributed by atoms with E-state index >= 15 is 0 Å². The van der Waals surface area contributed by atoms with Crippen molar-refractivity contribution in [3.8, 4) is 5.75 Å². The van der Waals surface area contributed by atoms with E-state index in [1.807, 2.05) is 13.8 Å². The molecule has 1 N–H and O–H groups in total. The highest BCUT2D eigenvalue weighted by atomic mass is 35.5. The van der Waals surface area contributed by atoms with Gasteiger partial charge in [0.2, 0.25) is 0 Å². The second kappa shape index (κ2) is 8.48. The molecule has 0 atom stereocenters. The quantitative estimate of drug-likeness (QED) is 0.855. The van der Waals surface area contributed by atoms with Crippen LogP contribution in [0.25, 0.3) is 0 Å². The van der Waals surface area contributed by atoms with Crippen LogP contribution in [0.4, 0.5) is 5.69 Å². The van der Waals surface area contributed by atoms with E-state index in [0.717, 1.165) is 0 Å². The maximum atomic E-state index is 12.4. The van der Waals surface area contributed by atoms with Gasteiger partial charge in [-0.3, -0.25) is 14.6 Å². The van der Waals surface area contributed by atoms with E-state index in [-0.39, 0.29) is 11.8 Å². The van der Waals surface area contributed by atoms with Crippen molar-refractivity contribution in [3.05, 3.63) is 52.8 Å². The number of amides is 2. The molecule has 25 heavy (non-hydrogen) atoms. The second-order valence-electron chi connectivity index (χ2n) is 5.24. The lowest BCUT2D eigenvalue weighted by Gasteiger charge is -2.18. The maximum absolute atomic E-state index is 12.4. The molecular formula is C18H20ClN3O3. The summed E-state index contributed by atoms with van der Waals surface area (Å²) in [4.78, 5) is 30.5. The van der Waals surface area contributed by atoms with Crippen LogP contribution in [0.15, 0.2) is 36.7 Å². The summed E-state index contributed by atoms with van der Waals surface area (Å²) in [7, 11) is 1.52. The number of hydrogen-bond acceptors (Lipinski definition) is 4. The van der Waals surface area contributed by atoms with Crippen molar-refractivity contribution in [2.24, 2.45) is 0 Å². The lowest BCUT2D eigenvalue weighted by Crippen LogP contribution is -2.30. The number of carbonyl (C=O) groups excluding carboxylic acids is 2. The first-order chi connectivity index (χ1) is 12.0. The van der Waals surface area contributed by atoms with Crippen LogP contribution in [-0.2, 0) is 0 Å². The number of pyridine rings is 1. The Morgan fingerprint density at radius 1 is 1.16 bits per heavy atom. The summed E-state index contributed by atoms with van der Waals surface area (Å²) in [5, 5.41) is 3.12. The number of rotatable bonds is 6. The standard InChI is InChI=1S/C18H20ClN3O3/c1-4-22(5-2)18(24)13-8-12(10-20-11-13)17(23)21-14-6-7-16(25-3)15(19)9-14/h6-11H,4-5H2,1-3H3,(H,21,23). The fourth-order valence-corrected chi connectivity index (χ4v) is 2.58. The van der Waals surface area contributed by atoms with Crippen molar-refractivity contribution in [3.63, 3.8) is 0 Å². The van der Waals surface area contributed by atoms with Gasteiger partial charge in [0.1, 0.15) is 5.75 Å². The van der Waals surface area contributed by atoms with Crippen LogP contribution in [-0.4, -0.2) is 41.9 Å². The third-order valence-corrected chi connectivity index (χ3v) is 4.00. The summed E-state index contributed by atoms with van der Waals surface area (Å²) in [6, 6.07) is 6.47. The Morgan fingerprint density at radius 3 is 2.44 bits per heavy atom. The first-order valence-corrected chi connectivity index (χ1v) is 8.27. The number of hydrogen-bond donors (Lipinski definition) is 1. The average molecular weight is 362 g/mol. The molecule has 6 nitrogen and oxygen atoms in total. The van der Waals surface area contributed by atoms with Crippen molar-refractivity contribution in [2.75, 3.05) is 25.5 Å². The average Bonchev–Trinajstić information content (AvgIpc) is 2.63. The Labute approximate surface area is 151 Å². The minimum Gasteiger partial charge on any atom is -0.495 e. The van der Waals surface area contributed by atoms with E-state index in [0.29, 0.717) is 40.7 Å². The van der Waals surface area contributed by atoms with Crippen LogP contribution in [0.1, 0.15) is 34.6 Å². The fraction of sp³-hybridized carbons (Fsp3) is 0.278. The zero-order valence-corrected chi connectivity index (χ0v) is 15.1. The smallest absolute Gasteiger partial charge is 0.257 e. The van der Waals surface area contributed by atoms with Gasteiger partial charge in [0.25, 0.3) is 11.8 Å². The first-order valence-electron chi connectivity index (χ1n) is 7.89. The fourth-order valence-electron chi connectivity index (χ4n) is 2.32. The molecule has 0 saturated carbocycles. The Kier molecular flexibility index (Phi) is 6.36. The number of nitrogens with zero attached hydrogens (tertiary/aromatic N) is 2. The van der Waals surface area contributed by atoms with Crippen LogP contribution in [0.3, 0.4) is 0 Å². The number of ether oxygens (including phenoxy) is 1. The number of nitrogens with one attached hydrogen (secondary N) is 1. The molecule has 0 unspecified atom stereocenters. The van der Waals surface area contributed by atoms with Gasteiger partial charge in [-0.15, -0.1) is 0 Å². The molecule has 0 bridgehead atoms. The maximum Gasteiger partial charge on any atom is 0.257 e. The highest BCUT2D eigenvalue weighted by molar-refractivity contribution is 6.32. The van der Waals surface area contributed by atoms with E-state index in [9.17, 15) is 9.59 Å². The molecule has 0 fully saturated rings. The molecule has 2 rings (SSSR count). The minimum absolute atomic E-state index is 0.153. The molecular weight excluding hydrogens is 342 g/mol.